The van der Waals surface area contributed by atoms with Crippen molar-refractivity contribution in [3.05, 3.63) is 41.3 Å². The number of hydrogen-bond acceptors (Lipinski definition) is 3. The number of rotatable bonds is 4. The first-order valence-electron chi connectivity index (χ1n) is 4.77. The molecule has 0 unspecified atom stereocenters. The van der Waals surface area contributed by atoms with Crippen molar-refractivity contribution in [3.8, 4) is 0 Å². The predicted molar refractivity (Wildman–Crippen MR) is 58.3 cm³/mol. The standard InChI is InChI=1S/C10H10ClN3O2/c11-8-2-1-7(16-8)10(15)14-4-3-9-12-5-6-13-9/h1-2,5-6H,3-4H2,(H,12,13)(H,14,15). The maximum absolute atomic E-state index is 11.5. The fraction of sp³-hybridized carbons (Fsp3) is 0.200. The number of nitrogens with zero attached hydrogens (tertiary/aromatic N) is 1. The van der Waals surface area contributed by atoms with E-state index in [4.69, 9.17) is 16.0 Å². The molecule has 1 amide bonds. The molecule has 2 rings (SSSR count). The summed E-state index contributed by atoms with van der Waals surface area (Å²) in [6, 6.07) is 3.06. The van der Waals surface area contributed by atoms with Crippen molar-refractivity contribution in [3.63, 3.8) is 0 Å². The number of amides is 1. The Bertz CT molecular complexity index is 464. The highest BCUT2D eigenvalue weighted by Crippen LogP contribution is 2.12. The van der Waals surface area contributed by atoms with Crippen LogP contribution >= 0.6 is 11.6 Å². The van der Waals surface area contributed by atoms with Gasteiger partial charge in [-0.25, -0.2) is 4.98 Å². The van der Waals surface area contributed by atoms with Crippen molar-refractivity contribution in [2.45, 2.75) is 6.42 Å². The topological polar surface area (TPSA) is 70.9 Å². The summed E-state index contributed by atoms with van der Waals surface area (Å²) < 4.78 is 4.96. The minimum absolute atomic E-state index is 0.205. The molecule has 16 heavy (non-hydrogen) atoms. The number of imidazole rings is 1. The van der Waals surface area contributed by atoms with Crippen molar-refractivity contribution in [2.24, 2.45) is 0 Å². The van der Waals surface area contributed by atoms with E-state index in [0.717, 1.165) is 5.82 Å². The number of furan rings is 1. The normalized spacial score (nSPS) is 10.3. The van der Waals surface area contributed by atoms with E-state index in [1.807, 2.05) is 0 Å². The third kappa shape index (κ3) is 2.64. The minimum Gasteiger partial charge on any atom is -0.440 e. The number of H-pyrrole nitrogens is 1. The number of carbonyl (C=O) groups is 1. The van der Waals surface area contributed by atoms with Gasteiger partial charge < -0.3 is 14.7 Å². The van der Waals surface area contributed by atoms with E-state index in [1.165, 1.54) is 12.1 Å². The molecule has 0 spiro atoms. The van der Waals surface area contributed by atoms with Crippen molar-refractivity contribution in [2.75, 3.05) is 6.54 Å². The lowest BCUT2D eigenvalue weighted by atomic mass is 10.3. The summed E-state index contributed by atoms with van der Waals surface area (Å²) in [4.78, 5) is 18.5. The SMILES string of the molecule is O=C(NCCc1ncc[nH]1)c1ccc(Cl)o1. The molecule has 6 heteroatoms. The van der Waals surface area contributed by atoms with Gasteiger partial charge in [-0.15, -0.1) is 0 Å². The molecule has 2 aromatic rings. The van der Waals surface area contributed by atoms with Crippen LogP contribution in [0, 0.1) is 0 Å². The molecular weight excluding hydrogens is 230 g/mol. The number of carbonyl (C=O) groups excluding carboxylic acids is 1. The van der Waals surface area contributed by atoms with Crippen LogP contribution in [0.1, 0.15) is 16.4 Å². The first kappa shape index (κ1) is 10.8. The van der Waals surface area contributed by atoms with Gasteiger partial charge in [0.25, 0.3) is 5.91 Å². The van der Waals surface area contributed by atoms with Crippen molar-refractivity contribution >= 4 is 17.5 Å². The summed E-state index contributed by atoms with van der Waals surface area (Å²) in [6.07, 6.45) is 4.06. The second-order valence-electron chi connectivity index (χ2n) is 3.15. The Morgan fingerprint density at radius 3 is 3.06 bits per heavy atom. The third-order valence-corrected chi connectivity index (χ3v) is 2.20. The number of aromatic nitrogens is 2. The number of nitrogens with one attached hydrogen (secondary N) is 2. The molecule has 0 aliphatic carbocycles. The van der Waals surface area contributed by atoms with Crippen molar-refractivity contribution in [1.29, 1.82) is 0 Å². The molecule has 2 heterocycles. The average Bonchev–Trinajstić information content (AvgIpc) is 2.89. The van der Waals surface area contributed by atoms with E-state index in [0.29, 0.717) is 13.0 Å². The molecule has 0 radical (unpaired) electrons. The molecule has 84 valence electrons. The van der Waals surface area contributed by atoms with Gasteiger partial charge in [-0.2, -0.15) is 0 Å². The lowest BCUT2D eigenvalue weighted by Crippen LogP contribution is -2.25. The Labute approximate surface area is 96.8 Å². The Morgan fingerprint density at radius 1 is 1.56 bits per heavy atom. The molecule has 5 nitrogen and oxygen atoms in total. The van der Waals surface area contributed by atoms with E-state index in [-0.39, 0.29) is 16.9 Å². The first-order chi connectivity index (χ1) is 7.75. The van der Waals surface area contributed by atoms with Gasteiger partial charge in [0.2, 0.25) is 0 Å². The van der Waals surface area contributed by atoms with Crippen LogP contribution in [0.5, 0.6) is 0 Å². The van der Waals surface area contributed by atoms with Crippen LogP contribution in [0.2, 0.25) is 5.22 Å². The van der Waals surface area contributed by atoms with Crippen LogP contribution < -0.4 is 5.32 Å². The Hall–Kier alpha value is -1.75. The molecule has 0 aromatic carbocycles. The van der Waals surface area contributed by atoms with Gasteiger partial charge in [0, 0.05) is 25.4 Å². The second-order valence-corrected chi connectivity index (χ2v) is 3.52. The predicted octanol–water partition coefficient (Wildman–Crippen LogP) is 1.63. The van der Waals surface area contributed by atoms with Gasteiger partial charge in [0.05, 0.1) is 0 Å². The summed E-state index contributed by atoms with van der Waals surface area (Å²) in [6.45, 7) is 0.491. The van der Waals surface area contributed by atoms with Crippen LogP contribution in [-0.2, 0) is 6.42 Å². The highest BCUT2D eigenvalue weighted by atomic mass is 35.5. The monoisotopic (exact) mass is 239 g/mol. The van der Waals surface area contributed by atoms with E-state index in [2.05, 4.69) is 15.3 Å². The van der Waals surface area contributed by atoms with Gasteiger partial charge in [-0.05, 0) is 23.7 Å². The van der Waals surface area contributed by atoms with Gasteiger partial charge in [-0.1, -0.05) is 0 Å². The lowest BCUT2D eigenvalue weighted by molar-refractivity contribution is 0.0926. The van der Waals surface area contributed by atoms with Gasteiger partial charge >= 0.3 is 0 Å². The van der Waals surface area contributed by atoms with Gasteiger partial charge in [0.1, 0.15) is 5.82 Å². The van der Waals surface area contributed by atoms with Gasteiger partial charge in [-0.3, -0.25) is 4.79 Å². The highest BCUT2D eigenvalue weighted by molar-refractivity contribution is 6.29. The van der Waals surface area contributed by atoms with E-state index < -0.39 is 0 Å². The Kier molecular flexibility index (Phi) is 3.26. The minimum atomic E-state index is -0.279. The smallest absolute Gasteiger partial charge is 0.287 e. The van der Waals surface area contributed by atoms with Crippen molar-refractivity contribution < 1.29 is 9.21 Å². The van der Waals surface area contributed by atoms with Crippen LogP contribution in [0.3, 0.4) is 0 Å². The summed E-state index contributed by atoms with van der Waals surface area (Å²) in [5.74, 6) is 0.765. The zero-order valence-corrected chi connectivity index (χ0v) is 9.12. The zero-order valence-electron chi connectivity index (χ0n) is 8.37. The molecule has 0 saturated heterocycles. The maximum Gasteiger partial charge on any atom is 0.287 e. The largest absolute Gasteiger partial charge is 0.440 e. The molecule has 0 bridgehead atoms. The molecule has 0 aliphatic heterocycles. The van der Waals surface area contributed by atoms with Crippen LogP contribution in [-0.4, -0.2) is 22.4 Å². The fourth-order valence-corrected chi connectivity index (χ4v) is 1.40. The zero-order chi connectivity index (χ0) is 11.4. The van der Waals surface area contributed by atoms with E-state index in [9.17, 15) is 4.79 Å². The summed E-state index contributed by atoms with van der Waals surface area (Å²) >= 11 is 5.56. The molecule has 0 saturated carbocycles. The second kappa shape index (κ2) is 4.85. The maximum atomic E-state index is 11.5. The molecule has 2 N–H and O–H groups in total. The molecule has 2 aromatic heterocycles. The summed E-state index contributed by atoms with van der Waals surface area (Å²) in [7, 11) is 0. The molecule has 0 atom stereocenters. The lowest BCUT2D eigenvalue weighted by Gasteiger charge is -2.00. The van der Waals surface area contributed by atoms with E-state index in [1.54, 1.807) is 12.4 Å². The van der Waals surface area contributed by atoms with Crippen LogP contribution in [0.4, 0.5) is 0 Å². The number of halogens is 1. The highest BCUT2D eigenvalue weighted by Gasteiger charge is 2.09. The van der Waals surface area contributed by atoms with Gasteiger partial charge in [0.15, 0.2) is 11.0 Å². The summed E-state index contributed by atoms with van der Waals surface area (Å²) in [5.41, 5.74) is 0. The molecule has 0 fully saturated rings. The van der Waals surface area contributed by atoms with Crippen LogP contribution in [0.25, 0.3) is 0 Å². The average molecular weight is 240 g/mol. The fourth-order valence-electron chi connectivity index (χ4n) is 1.25. The summed E-state index contributed by atoms with van der Waals surface area (Å²) in [5, 5.41) is 2.90. The Balaban J connectivity index is 1.80. The number of hydrogen-bond donors (Lipinski definition) is 2. The third-order valence-electron chi connectivity index (χ3n) is 2.00. The molecular formula is C10H10ClN3O2. The molecule has 0 aliphatic rings. The quantitative estimate of drug-likeness (QED) is 0.852. The first-order valence-corrected chi connectivity index (χ1v) is 5.15. The van der Waals surface area contributed by atoms with E-state index >= 15 is 0 Å². The van der Waals surface area contributed by atoms with Crippen molar-refractivity contribution in [1.82, 2.24) is 15.3 Å². The van der Waals surface area contributed by atoms with Crippen LogP contribution in [0.15, 0.2) is 28.9 Å². The number of aromatic amines is 1. The Morgan fingerprint density at radius 2 is 2.44 bits per heavy atom.